The summed E-state index contributed by atoms with van der Waals surface area (Å²) in [5, 5.41) is 8.54. The monoisotopic (exact) mass is 313 g/mol. The van der Waals surface area contributed by atoms with E-state index in [1.807, 2.05) is 12.1 Å². The second kappa shape index (κ2) is 8.02. The predicted molar refractivity (Wildman–Crippen MR) is 83.5 cm³/mol. The fourth-order valence-electron chi connectivity index (χ4n) is 2.14. The van der Waals surface area contributed by atoms with Crippen LogP contribution in [0.25, 0.3) is 0 Å². The zero-order chi connectivity index (χ0) is 15.9. The first kappa shape index (κ1) is 17.5. The second-order valence-corrected chi connectivity index (χ2v) is 6.95. The van der Waals surface area contributed by atoms with E-state index >= 15 is 0 Å². The van der Waals surface area contributed by atoms with Crippen molar-refractivity contribution in [1.82, 2.24) is 0 Å². The van der Waals surface area contributed by atoms with Crippen LogP contribution in [0.4, 0.5) is 5.69 Å². The summed E-state index contributed by atoms with van der Waals surface area (Å²) < 4.78 is 24.3. The quantitative estimate of drug-likeness (QED) is 0.709. The van der Waals surface area contributed by atoms with Crippen LogP contribution in [-0.4, -0.2) is 38.3 Å². The van der Waals surface area contributed by atoms with Crippen LogP contribution in [0.5, 0.6) is 0 Å². The van der Waals surface area contributed by atoms with Crippen molar-refractivity contribution < 1.29 is 18.3 Å². The van der Waals surface area contributed by atoms with Crippen LogP contribution in [0.15, 0.2) is 29.2 Å². The highest BCUT2D eigenvalue weighted by molar-refractivity contribution is 7.91. The van der Waals surface area contributed by atoms with E-state index < -0.39 is 15.8 Å². The summed E-state index contributed by atoms with van der Waals surface area (Å²) in [6, 6.07) is 6.88. The number of aliphatic carboxylic acids is 1. The maximum absolute atomic E-state index is 12.1. The number of benzene rings is 1. The van der Waals surface area contributed by atoms with Gasteiger partial charge in [0.2, 0.25) is 0 Å². The third-order valence-electron chi connectivity index (χ3n) is 3.38. The Hall–Kier alpha value is -1.56. The Labute approximate surface area is 126 Å². The van der Waals surface area contributed by atoms with Gasteiger partial charge >= 0.3 is 5.97 Å². The fourth-order valence-corrected chi connectivity index (χ4v) is 3.51. The van der Waals surface area contributed by atoms with Crippen molar-refractivity contribution in [2.45, 2.75) is 38.0 Å². The summed E-state index contributed by atoms with van der Waals surface area (Å²) in [7, 11) is -3.33. The summed E-state index contributed by atoms with van der Waals surface area (Å²) in [4.78, 5) is 12.8. The molecule has 0 atom stereocenters. The summed E-state index contributed by atoms with van der Waals surface area (Å²) >= 11 is 0. The van der Waals surface area contributed by atoms with Crippen molar-refractivity contribution in [2.24, 2.45) is 0 Å². The van der Waals surface area contributed by atoms with Gasteiger partial charge in [0.25, 0.3) is 0 Å². The number of carbonyl (C=O) groups is 1. The molecule has 1 N–H and O–H groups in total. The van der Waals surface area contributed by atoms with E-state index in [-0.39, 0.29) is 12.2 Å². The molecule has 1 aromatic carbocycles. The van der Waals surface area contributed by atoms with Crippen LogP contribution in [0.3, 0.4) is 0 Å². The van der Waals surface area contributed by atoms with Gasteiger partial charge in [-0.25, -0.2) is 8.42 Å². The van der Waals surface area contributed by atoms with Crippen molar-refractivity contribution in [3.8, 4) is 0 Å². The molecule has 0 aromatic heterocycles. The maximum atomic E-state index is 12.1. The maximum Gasteiger partial charge on any atom is 0.303 e. The van der Waals surface area contributed by atoms with E-state index in [0.29, 0.717) is 17.7 Å². The molecule has 21 heavy (non-hydrogen) atoms. The lowest BCUT2D eigenvalue weighted by Crippen LogP contribution is -2.21. The van der Waals surface area contributed by atoms with Gasteiger partial charge in [0.05, 0.1) is 10.6 Å². The van der Waals surface area contributed by atoms with Gasteiger partial charge in [0.15, 0.2) is 9.84 Å². The smallest absolute Gasteiger partial charge is 0.303 e. The topological polar surface area (TPSA) is 74.7 Å². The van der Waals surface area contributed by atoms with Crippen molar-refractivity contribution in [2.75, 3.05) is 23.7 Å². The first-order valence-electron chi connectivity index (χ1n) is 7.20. The highest BCUT2D eigenvalue weighted by atomic mass is 32.2. The Kier molecular flexibility index (Phi) is 6.68. The molecule has 0 bridgehead atoms. The summed E-state index contributed by atoms with van der Waals surface area (Å²) in [5.41, 5.74) is 1.00. The Morgan fingerprint density at radius 2 is 1.67 bits per heavy atom. The van der Waals surface area contributed by atoms with Crippen LogP contribution < -0.4 is 4.90 Å². The van der Waals surface area contributed by atoms with E-state index in [0.717, 1.165) is 18.8 Å². The lowest BCUT2D eigenvalue weighted by atomic mass is 10.2. The van der Waals surface area contributed by atoms with Gasteiger partial charge in [0.1, 0.15) is 0 Å². The van der Waals surface area contributed by atoms with E-state index in [4.69, 9.17) is 5.11 Å². The fraction of sp³-hybridized carbons (Fsp3) is 0.533. The molecule has 0 radical (unpaired) electrons. The van der Waals surface area contributed by atoms with Gasteiger partial charge in [-0.05, 0) is 51.0 Å². The van der Waals surface area contributed by atoms with Crippen LogP contribution in [0.1, 0.15) is 33.1 Å². The molecular weight excluding hydrogens is 290 g/mol. The number of hydrogen-bond donors (Lipinski definition) is 1. The van der Waals surface area contributed by atoms with Crippen LogP contribution in [-0.2, 0) is 14.6 Å². The molecule has 0 aliphatic rings. The lowest BCUT2D eigenvalue weighted by Gasteiger charge is -2.21. The average molecular weight is 313 g/mol. The number of sulfone groups is 1. The number of carboxylic acids is 1. The van der Waals surface area contributed by atoms with Crippen molar-refractivity contribution >= 4 is 21.5 Å². The van der Waals surface area contributed by atoms with Gasteiger partial charge in [-0.1, -0.05) is 0 Å². The molecule has 0 saturated heterocycles. The predicted octanol–water partition coefficient (Wildman–Crippen LogP) is 2.56. The molecule has 118 valence electrons. The number of unbranched alkanes of at least 4 members (excludes halogenated alkanes) is 1. The molecule has 0 aliphatic carbocycles. The van der Waals surface area contributed by atoms with Gasteiger partial charge in [-0.15, -0.1) is 0 Å². The molecule has 5 nitrogen and oxygen atoms in total. The Morgan fingerprint density at radius 1 is 1.10 bits per heavy atom. The van der Waals surface area contributed by atoms with E-state index in [2.05, 4.69) is 18.7 Å². The van der Waals surface area contributed by atoms with Gasteiger partial charge in [0, 0.05) is 25.2 Å². The Bertz CT molecular complexity index is 548. The van der Waals surface area contributed by atoms with Gasteiger partial charge < -0.3 is 10.0 Å². The molecular formula is C15H23NO4S. The minimum absolute atomic E-state index is 0.00903. The van der Waals surface area contributed by atoms with Crippen LogP contribution in [0, 0.1) is 0 Å². The number of carboxylic acid groups (broad SMARTS) is 1. The van der Waals surface area contributed by atoms with Gasteiger partial charge in [-0.3, -0.25) is 4.79 Å². The third-order valence-corrected chi connectivity index (χ3v) is 5.19. The molecule has 0 heterocycles. The van der Waals surface area contributed by atoms with E-state index in [1.165, 1.54) is 0 Å². The zero-order valence-electron chi connectivity index (χ0n) is 12.6. The largest absolute Gasteiger partial charge is 0.481 e. The summed E-state index contributed by atoms with van der Waals surface area (Å²) in [5.74, 6) is -0.902. The highest BCUT2D eigenvalue weighted by Gasteiger charge is 2.14. The SMILES string of the molecule is CCN(CC)c1ccc(S(=O)(=O)CCCCC(=O)O)cc1. The van der Waals surface area contributed by atoms with E-state index in [1.54, 1.807) is 12.1 Å². The molecule has 1 rings (SSSR count). The van der Waals surface area contributed by atoms with Crippen molar-refractivity contribution in [1.29, 1.82) is 0 Å². The molecule has 0 spiro atoms. The normalized spacial score (nSPS) is 11.3. The standard InChI is InChI=1S/C15H23NO4S/c1-3-16(4-2)13-8-10-14(11-9-13)21(19,20)12-6-5-7-15(17)18/h8-11H,3-7,12H2,1-2H3,(H,17,18). The number of hydrogen-bond acceptors (Lipinski definition) is 4. The number of nitrogens with zero attached hydrogens (tertiary/aromatic N) is 1. The minimum atomic E-state index is -3.33. The molecule has 1 aromatic rings. The molecule has 0 aliphatic heterocycles. The van der Waals surface area contributed by atoms with E-state index in [9.17, 15) is 13.2 Å². The summed E-state index contributed by atoms with van der Waals surface area (Å²) in [6.07, 6.45) is 0.759. The van der Waals surface area contributed by atoms with Crippen LogP contribution >= 0.6 is 0 Å². The second-order valence-electron chi connectivity index (χ2n) is 4.84. The van der Waals surface area contributed by atoms with Gasteiger partial charge in [-0.2, -0.15) is 0 Å². The number of anilines is 1. The zero-order valence-corrected chi connectivity index (χ0v) is 13.4. The first-order chi connectivity index (χ1) is 9.90. The molecule has 0 unspecified atom stereocenters. The Morgan fingerprint density at radius 3 is 2.14 bits per heavy atom. The summed E-state index contributed by atoms with van der Waals surface area (Å²) in [6.45, 7) is 5.85. The molecule has 0 saturated carbocycles. The van der Waals surface area contributed by atoms with Crippen molar-refractivity contribution in [3.05, 3.63) is 24.3 Å². The molecule has 0 amide bonds. The Balaban J connectivity index is 2.69. The molecule has 6 heteroatoms. The lowest BCUT2D eigenvalue weighted by molar-refractivity contribution is -0.137. The minimum Gasteiger partial charge on any atom is -0.481 e. The third kappa shape index (κ3) is 5.38. The average Bonchev–Trinajstić information content (AvgIpc) is 2.45. The molecule has 0 fully saturated rings. The first-order valence-corrected chi connectivity index (χ1v) is 8.85. The highest BCUT2D eigenvalue weighted by Crippen LogP contribution is 2.19. The van der Waals surface area contributed by atoms with Crippen molar-refractivity contribution in [3.63, 3.8) is 0 Å². The van der Waals surface area contributed by atoms with Crippen LogP contribution in [0.2, 0.25) is 0 Å². The number of rotatable bonds is 9.